The maximum atomic E-state index is 8.94. The lowest BCUT2D eigenvalue weighted by Crippen LogP contribution is -2.07. The Morgan fingerprint density at radius 2 is 1.88 bits per heavy atom. The predicted octanol–water partition coefficient (Wildman–Crippen LogP) is 2.26. The Labute approximate surface area is 50.3 Å². The summed E-state index contributed by atoms with van der Waals surface area (Å²) in [6, 6.07) is 0. The molecule has 0 atom stereocenters. The number of aliphatic hydroxyl groups is 1. The van der Waals surface area contributed by atoms with E-state index in [1.54, 1.807) is 0 Å². The molecule has 0 heterocycles. The molecule has 1 nitrogen and oxygen atoms in total. The standard InChI is InChI=1S/C7H12O/c1-5-6(8)7(2,3)4/h8H,1H2,2-4H3. The summed E-state index contributed by atoms with van der Waals surface area (Å²) in [6.07, 6.45) is 0. The first-order valence-corrected chi connectivity index (χ1v) is 2.58. The molecular formula is C7H12O. The molecular weight excluding hydrogens is 100 g/mol. The largest absolute Gasteiger partial charge is 0.504 e. The van der Waals surface area contributed by atoms with Crippen LogP contribution in [0.2, 0.25) is 0 Å². The van der Waals surface area contributed by atoms with Crippen molar-refractivity contribution in [2.24, 2.45) is 5.41 Å². The molecule has 0 aliphatic rings. The van der Waals surface area contributed by atoms with Gasteiger partial charge >= 0.3 is 0 Å². The average molecular weight is 112 g/mol. The minimum absolute atomic E-state index is 0.193. The van der Waals surface area contributed by atoms with Crippen molar-refractivity contribution in [3.05, 3.63) is 18.1 Å². The molecule has 46 valence electrons. The molecule has 0 saturated carbocycles. The van der Waals surface area contributed by atoms with E-state index in [1.807, 2.05) is 20.8 Å². The Bertz CT molecular complexity index is 122. The fourth-order valence-electron chi connectivity index (χ4n) is 0.265. The number of rotatable bonds is 0. The first kappa shape index (κ1) is 7.32. The molecule has 0 aromatic carbocycles. The topological polar surface area (TPSA) is 20.2 Å². The van der Waals surface area contributed by atoms with Crippen molar-refractivity contribution in [3.8, 4) is 0 Å². The van der Waals surface area contributed by atoms with Crippen LogP contribution in [0.25, 0.3) is 0 Å². The van der Waals surface area contributed by atoms with Crippen molar-refractivity contribution in [2.45, 2.75) is 20.8 Å². The molecule has 0 aromatic rings. The molecule has 0 amide bonds. The highest BCUT2D eigenvalue weighted by Gasteiger charge is 2.14. The highest BCUT2D eigenvalue weighted by Crippen LogP contribution is 2.20. The summed E-state index contributed by atoms with van der Waals surface area (Å²) in [6.45, 7) is 9.02. The maximum absolute atomic E-state index is 8.94. The van der Waals surface area contributed by atoms with Crippen LogP contribution in [0.4, 0.5) is 0 Å². The van der Waals surface area contributed by atoms with Crippen molar-refractivity contribution < 1.29 is 5.11 Å². The summed E-state index contributed by atoms with van der Waals surface area (Å²) >= 11 is 0. The number of allylic oxidation sites excluding steroid dienone is 1. The van der Waals surface area contributed by atoms with Gasteiger partial charge in [-0.15, -0.1) is 0 Å². The zero-order valence-electron chi connectivity index (χ0n) is 5.65. The lowest BCUT2D eigenvalue weighted by Gasteiger charge is -2.13. The van der Waals surface area contributed by atoms with Crippen LogP contribution < -0.4 is 0 Å². The Balaban J connectivity index is 4.26. The Morgan fingerprint density at radius 3 is 1.88 bits per heavy atom. The normalized spacial score (nSPS) is 10.4. The second kappa shape index (κ2) is 2.06. The smallest absolute Gasteiger partial charge is 0.139 e. The van der Waals surface area contributed by atoms with Crippen molar-refractivity contribution in [3.63, 3.8) is 0 Å². The van der Waals surface area contributed by atoms with Gasteiger partial charge in [0.1, 0.15) is 5.76 Å². The molecule has 0 aliphatic carbocycles. The lowest BCUT2D eigenvalue weighted by atomic mass is 9.95. The maximum Gasteiger partial charge on any atom is 0.139 e. The van der Waals surface area contributed by atoms with E-state index < -0.39 is 0 Å². The van der Waals surface area contributed by atoms with Gasteiger partial charge < -0.3 is 5.11 Å². The second-order valence-electron chi connectivity index (χ2n) is 2.78. The average Bonchev–Trinajstić information content (AvgIpc) is 1.62. The predicted molar refractivity (Wildman–Crippen MR) is 34.7 cm³/mol. The summed E-state index contributed by atoms with van der Waals surface area (Å²) in [7, 11) is 0. The van der Waals surface area contributed by atoms with Crippen LogP contribution in [-0.4, -0.2) is 5.11 Å². The monoisotopic (exact) mass is 112 g/mol. The van der Waals surface area contributed by atoms with E-state index in [9.17, 15) is 0 Å². The minimum atomic E-state index is -0.193. The van der Waals surface area contributed by atoms with Gasteiger partial charge in [0.05, 0.1) is 0 Å². The summed E-state index contributed by atoms with van der Waals surface area (Å²) < 4.78 is 0. The van der Waals surface area contributed by atoms with E-state index in [0.717, 1.165) is 0 Å². The van der Waals surface area contributed by atoms with Crippen LogP contribution in [0.3, 0.4) is 0 Å². The van der Waals surface area contributed by atoms with Gasteiger partial charge in [-0.3, -0.25) is 0 Å². The van der Waals surface area contributed by atoms with Crippen molar-refractivity contribution in [2.75, 3.05) is 0 Å². The molecule has 0 radical (unpaired) electrons. The van der Waals surface area contributed by atoms with Crippen molar-refractivity contribution in [1.82, 2.24) is 0 Å². The number of aliphatic hydroxyl groups excluding tert-OH is 1. The molecule has 1 heteroatoms. The quantitative estimate of drug-likeness (QED) is 0.376. The van der Waals surface area contributed by atoms with Gasteiger partial charge in [-0.25, -0.2) is 0 Å². The second-order valence-corrected chi connectivity index (χ2v) is 2.78. The van der Waals surface area contributed by atoms with Gasteiger partial charge in [0.25, 0.3) is 0 Å². The Kier molecular flexibility index (Phi) is 1.88. The molecule has 8 heavy (non-hydrogen) atoms. The van der Waals surface area contributed by atoms with Crippen LogP contribution in [0.1, 0.15) is 20.8 Å². The van der Waals surface area contributed by atoms with Crippen LogP contribution in [0.15, 0.2) is 18.1 Å². The first-order valence-electron chi connectivity index (χ1n) is 2.58. The number of hydrogen-bond acceptors (Lipinski definition) is 1. The first-order chi connectivity index (χ1) is 3.48. The zero-order chi connectivity index (χ0) is 6.78. The van der Waals surface area contributed by atoms with E-state index >= 15 is 0 Å². The van der Waals surface area contributed by atoms with Gasteiger partial charge in [0.2, 0.25) is 0 Å². The molecule has 0 saturated heterocycles. The third-order valence-electron chi connectivity index (χ3n) is 0.878. The molecule has 1 N–H and O–H groups in total. The summed E-state index contributed by atoms with van der Waals surface area (Å²) in [5.41, 5.74) is 2.23. The van der Waals surface area contributed by atoms with Gasteiger partial charge in [0.15, 0.2) is 0 Å². The Morgan fingerprint density at radius 1 is 1.50 bits per heavy atom. The Hall–Kier alpha value is -0.680. The molecule has 0 fully saturated rings. The lowest BCUT2D eigenvalue weighted by molar-refractivity contribution is 0.279. The number of hydrogen-bond donors (Lipinski definition) is 1. The van der Waals surface area contributed by atoms with Gasteiger partial charge in [-0.05, 0) is 0 Å². The molecule has 0 unspecified atom stereocenters. The third-order valence-corrected chi connectivity index (χ3v) is 0.878. The SMILES string of the molecule is C=C=C(O)C(C)(C)C. The van der Waals surface area contributed by atoms with Gasteiger partial charge in [-0.2, -0.15) is 0 Å². The van der Waals surface area contributed by atoms with Gasteiger partial charge in [-0.1, -0.05) is 33.1 Å². The summed E-state index contributed by atoms with van der Waals surface area (Å²) in [5.74, 6) is 0.220. The van der Waals surface area contributed by atoms with E-state index in [1.165, 1.54) is 0 Å². The molecule has 0 aromatic heterocycles. The van der Waals surface area contributed by atoms with Crippen LogP contribution in [0, 0.1) is 5.41 Å². The van der Waals surface area contributed by atoms with E-state index in [-0.39, 0.29) is 11.2 Å². The molecule has 0 spiro atoms. The highest BCUT2D eigenvalue weighted by molar-refractivity contribution is 4.97. The van der Waals surface area contributed by atoms with E-state index in [4.69, 9.17) is 5.11 Å². The third kappa shape index (κ3) is 1.85. The molecule has 0 bridgehead atoms. The van der Waals surface area contributed by atoms with Crippen LogP contribution >= 0.6 is 0 Å². The van der Waals surface area contributed by atoms with E-state index in [2.05, 4.69) is 12.3 Å². The minimum Gasteiger partial charge on any atom is -0.504 e. The zero-order valence-corrected chi connectivity index (χ0v) is 5.65. The molecule has 0 rings (SSSR count). The van der Waals surface area contributed by atoms with E-state index in [0.29, 0.717) is 0 Å². The van der Waals surface area contributed by atoms with Crippen LogP contribution in [-0.2, 0) is 0 Å². The van der Waals surface area contributed by atoms with Crippen molar-refractivity contribution in [1.29, 1.82) is 0 Å². The van der Waals surface area contributed by atoms with Gasteiger partial charge in [0, 0.05) is 5.41 Å². The fourth-order valence-corrected chi connectivity index (χ4v) is 0.265. The van der Waals surface area contributed by atoms with Crippen LogP contribution in [0.5, 0.6) is 0 Å². The highest BCUT2D eigenvalue weighted by atomic mass is 16.3. The molecule has 0 aliphatic heterocycles. The summed E-state index contributed by atoms with van der Waals surface area (Å²) in [5, 5.41) is 8.94. The summed E-state index contributed by atoms with van der Waals surface area (Å²) in [4.78, 5) is 0. The fraction of sp³-hybridized carbons (Fsp3) is 0.571. The van der Waals surface area contributed by atoms with Crippen molar-refractivity contribution >= 4 is 0 Å².